The highest BCUT2D eigenvalue weighted by molar-refractivity contribution is 5.89. The zero-order valence-corrected chi connectivity index (χ0v) is 21.0. The van der Waals surface area contributed by atoms with Gasteiger partial charge < -0.3 is 30.8 Å². The molecule has 2 amide bonds. The number of nitrogens with one attached hydrogen (secondary N) is 2. The number of carbonyl (C=O) groups excluding carboxylic acids is 1. The van der Waals surface area contributed by atoms with Crippen LogP contribution in [0.3, 0.4) is 0 Å². The van der Waals surface area contributed by atoms with Crippen molar-refractivity contribution < 1.29 is 7.65 Å². The Balaban J connectivity index is 0.00000241. The zero-order valence-electron chi connectivity index (χ0n) is 21.0. The molecule has 9 nitrogen and oxygen atoms in total. The summed E-state index contributed by atoms with van der Waals surface area (Å²) in [5, 5.41) is 10.4. The van der Waals surface area contributed by atoms with Crippen LogP contribution >= 0.6 is 0 Å². The SMILES string of the molecule is CCC(CC)n1cc(C2CC2)cc(NC(=O)N(C)C2CCN(c3cnc(N)c(C=N)c3)CC2)c1=O.[HH].[HH]. The van der Waals surface area contributed by atoms with Crippen molar-refractivity contribution in [2.75, 3.05) is 36.1 Å². The first-order valence-electron chi connectivity index (χ1n) is 12.7. The number of nitrogens with two attached hydrogens (primary N) is 1. The molecular formula is C26H41N7O2. The van der Waals surface area contributed by atoms with E-state index < -0.39 is 0 Å². The molecule has 35 heavy (non-hydrogen) atoms. The number of hydrogen-bond donors (Lipinski definition) is 3. The fourth-order valence-corrected chi connectivity index (χ4v) is 4.96. The van der Waals surface area contributed by atoms with Crippen LogP contribution in [-0.2, 0) is 0 Å². The fraction of sp³-hybridized carbons (Fsp3) is 0.538. The predicted molar refractivity (Wildman–Crippen MR) is 145 cm³/mol. The fourth-order valence-electron chi connectivity index (χ4n) is 4.96. The highest BCUT2D eigenvalue weighted by atomic mass is 16.2. The zero-order chi connectivity index (χ0) is 25.1. The molecule has 2 aromatic heterocycles. The van der Waals surface area contributed by atoms with Crippen molar-refractivity contribution in [2.45, 2.75) is 70.4 Å². The monoisotopic (exact) mass is 483 g/mol. The first-order valence-corrected chi connectivity index (χ1v) is 12.7. The maximum Gasteiger partial charge on any atom is 0.321 e. The number of aromatic nitrogens is 2. The molecule has 9 heteroatoms. The maximum absolute atomic E-state index is 13.2. The lowest BCUT2D eigenvalue weighted by Gasteiger charge is -2.37. The number of carbonyl (C=O) groups is 1. The summed E-state index contributed by atoms with van der Waals surface area (Å²) < 4.78 is 1.82. The van der Waals surface area contributed by atoms with Crippen molar-refractivity contribution in [2.24, 2.45) is 0 Å². The smallest absolute Gasteiger partial charge is 0.321 e. The number of rotatable bonds is 8. The summed E-state index contributed by atoms with van der Waals surface area (Å²) in [4.78, 5) is 34.5. The number of urea groups is 1. The van der Waals surface area contributed by atoms with Gasteiger partial charge in [0, 0.05) is 53.0 Å². The summed E-state index contributed by atoms with van der Waals surface area (Å²) in [6.07, 6.45) is 10.6. The molecule has 3 heterocycles. The Morgan fingerprint density at radius 3 is 2.57 bits per heavy atom. The largest absolute Gasteiger partial charge is 0.383 e. The topological polar surface area (TPSA) is 120 Å². The maximum atomic E-state index is 13.2. The lowest BCUT2D eigenvalue weighted by atomic mass is 10.0. The molecule has 1 aliphatic heterocycles. The van der Waals surface area contributed by atoms with Gasteiger partial charge in [-0.15, -0.1) is 0 Å². The molecule has 192 valence electrons. The Labute approximate surface area is 209 Å². The highest BCUT2D eigenvalue weighted by Crippen LogP contribution is 2.40. The van der Waals surface area contributed by atoms with Crippen LogP contribution in [0.4, 0.5) is 22.0 Å². The van der Waals surface area contributed by atoms with Gasteiger partial charge in [-0.25, -0.2) is 9.78 Å². The van der Waals surface area contributed by atoms with Crippen LogP contribution in [0.1, 0.15) is 78.3 Å². The summed E-state index contributed by atoms with van der Waals surface area (Å²) >= 11 is 0. The summed E-state index contributed by atoms with van der Waals surface area (Å²) in [6.45, 7) is 5.72. The van der Waals surface area contributed by atoms with Crippen molar-refractivity contribution in [1.29, 1.82) is 5.41 Å². The van der Waals surface area contributed by atoms with Crippen LogP contribution in [0.2, 0.25) is 0 Å². The van der Waals surface area contributed by atoms with Crippen LogP contribution < -0.4 is 21.5 Å². The first-order chi connectivity index (χ1) is 16.9. The standard InChI is InChI=1S/C26H37N7O2.2H2/c1-4-20(5-2)33-16-19(17-6-7-17)13-23(25(33)34)30-26(35)31(3)21-8-10-32(11-9-21)22-12-18(14-27)24(28)29-15-22;;/h12-17,20-21,27H,4-11H2,1-3H3,(H2,28,29)(H,30,35);2*1H. The van der Waals surface area contributed by atoms with E-state index >= 15 is 0 Å². The average molecular weight is 484 g/mol. The van der Waals surface area contributed by atoms with E-state index in [0.717, 1.165) is 62.9 Å². The molecule has 2 aromatic rings. The second kappa shape index (κ2) is 10.5. The summed E-state index contributed by atoms with van der Waals surface area (Å²) in [5.74, 6) is 0.842. The number of piperidine rings is 1. The molecule has 4 N–H and O–H groups in total. The number of amides is 2. The van der Waals surface area contributed by atoms with Crippen LogP contribution in [0.25, 0.3) is 0 Å². The summed E-state index contributed by atoms with van der Waals surface area (Å²) in [7, 11) is 1.80. The number of anilines is 3. The predicted octanol–water partition coefficient (Wildman–Crippen LogP) is 4.69. The van der Waals surface area contributed by atoms with Gasteiger partial charge in [-0.3, -0.25) is 4.79 Å². The summed E-state index contributed by atoms with van der Waals surface area (Å²) in [5.41, 5.74) is 8.74. The molecule has 0 spiro atoms. The van der Waals surface area contributed by atoms with Gasteiger partial charge >= 0.3 is 6.03 Å². The minimum Gasteiger partial charge on any atom is -0.383 e. The van der Waals surface area contributed by atoms with Gasteiger partial charge in [-0.1, -0.05) is 13.8 Å². The molecule has 1 saturated carbocycles. The second-order valence-corrected chi connectivity index (χ2v) is 9.72. The van der Waals surface area contributed by atoms with Gasteiger partial charge in [-0.05, 0) is 62.1 Å². The third kappa shape index (κ3) is 5.33. The second-order valence-electron chi connectivity index (χ2n) is 9.72. The Morgan fingerprint density at radius 1 is 1.29 bits per heavy atom. The van der Waals surface area contributed by atoms with Crippen LogP contribution in [0.15, 0.2) is 29.3 Å². The van der Waals surface area contributed by atoms with Gasteiger partial charge in [0.25, 0.3) is 5.56 Å². The van der Waals surface area contributed by atoms with Gasteiger partial charge in [-0.2, -0.15) is 0 Å². The molecule has 2 fully saturated rings. The molecule has 0 unspecified atom stereocenters. The number of pyridine rings is 2. The van der Waals surface area contributed by atoms with E-state index in [-0.39, 0.29) is 26.5 Å². The number of hydrogen-bond acceptors (Lipinski definition) is 6. The quantitative estimate of drug-likeness (QED) is 0.471. The normalized spacial score (nSPS) is 16.4. The minimum absolute atomic E-state index is 0. The van der Waals surface area contributed by atoms with Crippen LogP contribution in [-0.4, -0.2) is 52.9 Å². The van der Waals surface area contributed by atoms with Gasteiger partial charge in [0.15, 0.2) is 0 Å². The molecule has 0 aromatic carbocycles. The lowest BCUT2D eigenvalue weighted by Crippen LogP contribution is -2.47. The Bertz CT molecular complexity index is 1140. The minimum atomic E-state index is -0.246. The Hall–Kier alpha value is -3.36. The van der Waals surface area contributed by atoms with E-state index in [4.69, 9.17) is 11.1 Å². The van der Waals surface area contributed by atoms with E-state index in [9.17, 15) is 9.59 Å². The molecule has 4 rings (SSSR count). The van der Waals surface area contributed by atoms with Gasteiger partial charge in [0.2, 0.25) is 0 Å². The Kier molecular flexibility index (Phi) is 7.42. The number of nitrogens with zero attached hydrogens (tertiary/aromatic N) is 4. The average Bonchev–Trinajstić information content (AvgIpc) is 3.72. The molecule has 0 atom stereocenters. The van der Waals surface area contributed by atoms with E-state index in [0.29, 0.717) is 23.0 Å². The lowest BCUT2D eigenvalue weighted by molar-refractivity contribution is 0.193. The Morgan fingerprint density at radius 2 is 1.97 bits per heavy atom. The van der Waals surface area contributed by atoms with Gasteiger partial charge in [0.05, 0.1) is 11.9 Å². The van der Waals surface area contributed by atoms with E-state index in [2.05, 4.69) is 29.0 Å². The molecule has 1 aliphatic carbocycles. The molecule has 0 bridgehead atoms. The van der Waals surface area contributed by atoms with Crippen molar-refractivity contribution in [3.63, 3.8) is 0 Å². The third-order valence-electron chi connectivity index (χ3n) is 7.48. The molecular weight excluding hydrogens is 442 g/mol. The summed E-state index contributed by atoms with van der Waals surface area (Å²) in [6, 6.07) is 3.72. The highest BCUT2D eigenvalue weighted by Gasteiger charge is 2.29. The first kappa shape index (κ1) is 24.8. The van der Waals surface area contributed by atoms with Gasteiger partial charge in [0.1, 0.15) is 11.5 Å². The number of nitrogen functional groups attached to an aromatic ring is 1. The van der Waals surface area contributed by atoms with E-state index in [1.807, 2.05) is 22.9 Å². The molecule has 2 aliphatic rings. The van der Waals surface area contributed by atoms with Crippen molar-refractivity contribution >= 4 is 29.4 Å². The van der Waals surface area contributed by atoms with E-state index in [1.165, 1.54) is 6.21 Å². The van der Waals surface area contributed by atoms with Crippen LogP contribution in [0, 0.1) is 5.41 Å². The molecule has 1 saturated heterocycles. The third-order valence-corrected chi connectivity index (χ3v) is 7.48. The van der Waals surface area contributed by atoms with E-state index in [1.54, 1.807) is 18.1 Å². The molecule has 0 radical (unpaired) electrons. The van der Waals surface area contributed by atoms with Crippen molar-refractivity contribution in [3.05, 3.63) is 46.0 Å². The van der Waals surface area contributed by atoms with Crippen molar-refractivity contribution in [3.8, 4) is 0 Å². The van der Waals surface area contributed by atoms with Crippen molar-refractivity contribution in [1.82, 2.24) is 14.5 Å². The van der Waals surface area contributed by atoms with Crippen LogP contribution in [0.5, 0.6) is 0 Å².